The molecule has 0 aliphatic rings. The van der Waals surface area contributed by atoms with Crippen molar-refractivity contribution in [2.45, 2.75) is 6.54 Å². The first-order chi connectivity index (χ1) is 9.29. The van der Waals surface area contributed by atoms with Gasteiger partial charge in [-0.3, -0.25) is 9.20 Å². The molecule has 0 spiro atoms. The molecule has 0 unspecified atom stereocenters. The van der Waals surface area contributed by atoms with E-state index in [9.17, 15) is 4.79 Å². The van der Waals surface area contributed by atoms with Crippen molar-refractivity contribution in [2.24, 2.45) is 0 Å². The second kappa shape index (κ2) is 4.85. The number of carbonyl (C=O) groups excluding carboxylic acids is 1. The summed E-state index contributed by atoms with van der Waals surface area (Å²) in [4.78, 5) is 18.6. The van der Waals surface area contributed by atoms with Crippen LogP contribution in [0.25, 0.3) is 4.96 Å². The van der Waals surface area contributed by atoms with Gasteiger partial charge in [-0.1, -0.05) is 30.3 Å². The minimum Gasteiger partial charge on any atom is -0.353 e. The third kappa shape index (κ3) is 2.13. The Morgan fingerprint density at radius 2 is 2.16 bits per heavy atom. The van der Waals surface area contributed by atoms with E-state index in [1.165, 1.54) is 16.9 Å². The number of aromatic nitrogens is 2. The summed E-state index contributed by atoms with van der Waals surface area (Å²) >= 11 is 1.53. The summed E-state index contributed by atoms with van der Waals surface area (Å²) in [7, 11) is 1.95. The topological polar surface area (TPSA) is 37.6 Å². The molecule has 0 fully saturated rings. The molecular weight excluding hydrogens is 258 g/mol. The predicted octanol–water partition coefficient (Wildman–Crippen LogP) is 2.84. The van der Waals surface area contributed by atoms with Crippen LogP contribution in [-0.4, -0.2) is 22.7 Å². The number of hydrogen-bond donors (Lipinski definition) is 0. The Bertz CT molecular complexity index is 702. The summed E-state index contributed by atoms with van der Waals surface area (Å²) in [6.07, 6.45) is 2.74. The zero-order chi connectivity index (χ0) is 13.2. The monoisotopic (exact) mass is 271 g/mol. The van der Waals surface area contributed by atoms with Gasteiger partial charge in [0.25, 0.3) is 0 Å². The van der Waals surface area contributed by atoms with E-state index < -0.39 is 0 Å². The van der Waals surface area contributed by atoms with Gasteiger partial charge in [-0.2, -0.15) is 0 Å². The molecule has 0 aliphatic heterocycles. The van der Waals surface area contributed by atoms with Crippen molar-refractivity contribution in [3.63, 3.8) is 0 Å². The molecule has 96 valence electrons. The van der Waals surface area contributed by atoms with Gasteiger partial charge in [0, 0.05) is 25.2 Å². The molecule has 5 heteroatoms. The van der Waals surface area contributed by atoms with Gasteiger partial charge < -0.3 is 4.90 Å². The average Bonchev–Trinajstić information content (AvgIpc) is 2.99. The molecule has 19 heavy (non-hydrogen) atoms. The van der Waals surface area contributed by atoms with Crippen LogP contribution >= 0.6 is 11.3 Å². The number of rotatable bonds is 4. The van der Waals surface area contributed by atoms with E-state index in [0.717, 1.165) is 23.6 Å². The normalized spacial score (nSPS) is 10.8. The highest BCUT2D eigenvalue weighted by molar-refractivity contribution is 7.15. The highest BCUT2D eigenvalue weighted by atomic mass is 32.1. The van der Waals surface area contributed by atoms with Gasteiger partial charge in [0.1, 0.15) is 5.69 Å². The third-order valence-corrected chi connectivity index (χ3v) is 3.77. The Hall–Kier alpha value is -2.14. The fourth-order valence-corrected chi connectivity index (χ4v) is 2.83. The van der Waals surface area contributed by atoms with Gasteiger partial charge in [0.05, 0.1) is 0 Å². The van der Waals surface area contributed by atoms with E-state index in [-0.39, 0.29) is 0 Å². The van der Waals surface area contributed by atoms with Gasteiger partial charge >= 0.3 is 0 Å². The lowest BCUT2D eigenvalue weighted by Gasteiger charge is -2.17. The molecule has 3 rings (SSSR count). The van der Waals surface area contributed by atoms with Crippen molar-refractivity contribution >= 4 is 28.4 Å². The van der Waals surface area contributed by atoms with Gasteiger partial charge in [0.2, 0.25) is 0 Å². The maximum atomic E-state index is 11.3. The van der Waals surface area contributed by atoms with Crippen molar-refractivity contribution < 1.29 is 4.79 Å². The van der Waals surface area contributed by atoms with E-state index in [1.54, 1.807) is 0 Å². The number of imidazole rings is 1. The Morgan fingerprint density at radius 3 is 2.89 bits per heavy atom. The molecule has 0 N–H and O–H groups in total. The fourth-order valence-electron chi connectivity index (χ4n) is 2.11. The molecule has 4 nitrogen and oxygen atoms in total. The average molecular weight is 271 g/mol. The molecule has 3 aromatic rings. The molecule has 0 radical (unpaired) electrons. The summed E-state index contributed by atoms with van der Waals surface area (Å²) in [6.45, 7) is 0.729. The first-order valence-electron chi connectivity index (χ1n) is 5.95. The van der Waals surface area contributed by atoms with Crippen LogP contribution in [0.5, 0.6) is 0 Å². The molecule has 0 saturated heterocycles. The lowest BCUT2D eigenvalue weighted by molar-refractivity contribution is 0.111. The first-order valence-corrected chi connectivity index (χ1v) is 6.83. The van der Waals surface area contributed by atoms with E-state index in [4.69, 9.17) is 0 Å². The minimum absolute atomic E-state index is 0.606. The van der Waals surface area contributed by atoms with Gasteiger partial charge in [-0.25, -0.2) is 4.98 Å². The number of hydrogen-bond acceptors (Lipinski definition) is 4. The number of fused-ring (bicyclic) bond motifs is 1. The number of nitrogens with zero attached hydrogens (tertiary/aromatic N) is 3. The largest absolute Gasteiger partial charge is 0.353 e. The SMILES string of the molecule is CN(Cc1ccccc1)c1nc2sccn2c1C=O. The van der Waals surface area contributed by atoms with E-state index >= 15 is 0 Å². The summed E-state index contributed by atoms with van der Waals surface area (Å²) < 4.78 is 1.83. The van der Waals surface area contributed by atoms with Crippen molar-refractivity contribution in [1.29, 1.82) is 0 Å². The van der Waals surface area contributed by atoms with Crippen molar-refractivity contribution in [3.05, 3.63) is 53.2 Å². The van der Waals surface area contributed by atoms with E-state index in [0.29, 0.717) is 5.69 Å². The summed E-state index contributed by atoms with van der Waals surface area (Å²) in [6, 6.07) is 10.1. The summed E-state index contributed by atoms with van der Waals surface area (Å²) in [5.74, 6) is 0.728. The maximum absolute atomic E-state index is 11.3. The molecule has 0 atom stereocenters. The van der Waals surface area contributed by atoms with Gasteiger partial charge in [0.15, 0.2) is 17.1 Å². The molecule has 0 bridgehead atoms. The molecule has 1 aromatic carbocycles. The Kier molecular flexibility index (Phi) is 3.05. The highest BCUT2D eigenvalue weighted by Gasteiger charge is 2.16. The van der Waals surface area contributed by atoms with Crippen molar-refractivity contribution in [1.82, 2.24) is 9.38 Å². The number of anilines is 1. The smallest absolute Gasteiger partial charge is 0.196 e. The Balaban J connectivity index is 1.95. The van der Waals surface area contributed by atoms with Crippen LogP contribution in [0.2, 0.25) is 0 Å². The zero-order valence-electron chi connectivity index (χ0n) is 10.5. The molecule has 0 aliphatic carbocycles. The van der Waals surface area contributed by atoms with Crippen LogP contribution in [0.3, 0.4) is 0 Å². The van der Waals surface area contributed by atoms with Crippen LogP contribution in [0.1, 0.15) is 16.1 Å². The Morgan fingerprint density at radius 1 is 1.37 bits per heavy atom. The summed E-state index contributed by atoms with van der Waals surface area (Å²) in [5, 5.41) is 1.93. The van der Waals surface area contributed by atoms with Crippen LogP contribution < -0.4 is 4.90 Å². The lowest BCUT2D eigenvalue weighted by Crippen LogP contribution is -2.18. The number of benzene rings is 1. The summed E-state index contributed by atoms with van der Waals surface area (Å²) in [5.41, 5.74) is 1.80. The number of thiazole rings is 1. The minimum atomic E-state index is 0.606. The highest BCUT2D eigenvalue weighted by Crippen LogP contribution is 2.23. The first kappa shape index (κ1) is 11.9. The molecule has 0 saturated carbocycles. The van der Waals surface area contributed by atoms with Gasteiger partial charge in [-0.05, 0) is 5.56 Å². The number of aldehydes is 1. The molecule has 0 amide bonds. The number of carbonyl (C=O) groups is 1. The molecular formula is C14H13N3OS. The molecule has 2 aromatic heterocycles. The third-order valence-electron chi connectivity index (χ3n) is 3.02. The molecule has 2 heterocycles. The van der Waals surface area contributed by atoms with Crippen LogP contribution in [0, 0.1) is 0 Å². The van der Waals surface area contributed by atoms with Gasteiger partial charge in [-0.15, -0.1) is 11.3 Å². The van der Waals surface area contributed by atoms with Crippen molar-refractivity contribution in [2.75, 3.05) is 11.9 Å². The second-order valence-electron chi connectivity index (χ2n) is 4.34. The fraction of sp³-hybridized carbons (Fsp3) is 0.143. The van der Waals surface area contributed by atoms with Crippen LogP contribution in [0.15, 0.2) is 41.9 Å². The van der Waals surface area contributed by atoms with Crippen LogP contribution in [0.4, 0.5) is 5.82 Å². The maximum Gasteiger partial charge on any atom is 0.196 e. The zero-order valence-corrected chi connectivity index (χ0v) is 11.3. The lowest BCUT2D eigenvalue weighted by atomic mass is 10.2. The van der Waals surface area contributed by atoms with Crippen molar-refractivity contribution in [3.8, 4) is 0 Å². The predicted molar refractivity (Wildman–Crippen MR) is 77.0 cm³/mol. The standard InChI is InChI=1S/C14H13N3OS/c1-16(9-11-5-3-2-4-6-11)13-12(10-18)17-7-8-19-14(17)15-13/h2-8,10H,9H2,1H3. The van der Waals surface area contributed by atoms with Crippen LogP contribution in [-0.2, 0) is 6.54 Å². The second-order valence-corrected chi connectivity index (χ2v) is 5.21. The Labute approximate surface area is 114 Å². The van der Waals surface area contributed by atoms with E-state index in [1.807, 2.05) is 46.1 Å². The van der Waals surface area contributed by atoms with E-state index in [2.05, 4.69) is 17.1 Å². The quantitative estimate of drug-likeness (QED) is 0.685.